The fourth-order valence-corrected chi connectivity index (χ4v) is 5.83. The van der Waals surface area contributed by atoms with Gasteiger partial charge in [-0.15, -0.1) is 0 Å². The van der Waals surface area contributed by atoms with Gasteiger partial charge >= 0.3 is 5.97 Å². The maximum absolute atomic E-state index is 13.7. The van der Waals surface area contributed by atoms with Crippen molar-refractivity contribution in [2.24, 2.45) is 10.7 Å². The summed E-state index contributed by atoms with van der Waals surface area (Å²) in [6.45, 7) is 1.66. The summed E-state index contributed by atoms with van der Waals surface area (Å²) < 4.78 is 34.7. The first kappa shape index (κ1) is 26.1. The van der Waals surface area contributed by atoms with E-state index in [0.29, 0.717) is 47.2 Å². The number of halogens is 1. The smallest absolute Gasteiger partial charge is 0.325 e. The Bertz CT molecular complexity index is 1320. The molecule has 0 aliphatic heterocycles. The van der Waals surface area contributed by atoms with E-state index in [0.717, 1.165) is 18.4 Å². The predicted molar refractivity (Wildman–Crippen MR) is 137 cm³/mol. The third kappa shape index (κ3) is 5.40. The van der Waals surface area contributed by atoms with Gasteiger partial charge in [-0.2, -0.15) is 4.31 Å². The zero-order chi connectivity index (χ0) is 26.1. The minimum Gasteiger partial charge on any atom is -0.480 e. The Morgan fingerprint density at radius 1 is 1.36 bits per heavy atom. The van der Waals surface area contributed by atoms with E-state index in [-0.39, 0.29) is 10.3 Å². The highest BCUT2D eigenvalue weighted by atomic mass is 35.5. The van der Waals surface area contributed by atoms with Crippen LogP contribution in [0.4, 0.5) is 0 Å². The zero-order valence-electron chi connectivity index (χ0n) is 20.1. The number of benzene rings is 1. The van der Waals surface area contributed by atoms with E-state index in [1.807, 2.05) is 0 Å². The molecule has 2 aromatic rings. The molecule has 2 aliphatic rings. The number of rotatable bonds is 8. The summed E-state index contributed by atoms with van der Waals surface area (Å²) in [5.74, 6) is -0.143. The highest BCUT2D eigenvalue weighted by molar-refractivity contribution is 7.89. The normalized spacial score (nSPS) is 21.6. The molecule has 36 heavy (non-hydrogen) atoms. The number of ether oxygens (including phenoxy) is 1. The lowest BCUT2D eigenvalue weighted by molar-refractivity contribution is -0.135. The molecule has 0 radical (unpaired) electrons. The van der Waals surface area contributed by atoms with Gasteiger partial charge < -0.3 is 15.6 Å². The summed E-state index contributed by atoms with van der Waals surface area (Å²) in [5, 5.41) is 9.58. The van der Waals surface area contributed by atoms with Crippen LogP contribution < -0.4 is 10.5 Å². The second kappa shape index (κ2) is 10.2. The molecule has 1 atom stereocenters. The quantitative estimate of drug-likeness (QED) is 0.522. The first-order valence-corrected chi connectivity index (χ1v) is 13.5. The van der Waals surface area contributed by atoms with Gasteiger partial charge in [-0.25, -0.2) is 13.4 Å². The van der Waals surface area contributed by atoms with Crippen LogP contribution in [0.3, 0.4) is 0 Å². The van der Waals surface area contributed by atoms with Crippen molar-refractivity contribution in [3.05, 3.63) is 58.9 Å². The molecule has 11 heteroatoms. The van der Waals surface area contributed by atoms with Crippen LogP contribution in [0.25, 0.3) is 0 Å². The number of hydrogen-bond donors (Lipinski definition) is 2. The monoisotopic (exact) mass is 532 g/mol. The van der Waals surface area contributed by atoms with Crippen LogP contribution in [0.2, 0.25) is 5.02 Å². The molecule has 2 aliphatic carbocycles. The topological polar surface area (TPSA) is 135 Å². The summed E-state index contributed by atoms with van der Waals surface area (Å²) in [6, 6.07) is 7.97. The van der Waals surface area contributed by atoms with Gasteiger partial charge in [-0.1, -0.05) is 18.5 Å². The third-order valence-electron chi connectivity index (χ3n) is 6.79. The van der Waals surface area contributed by atoms with Gasteiger partial charge in [0.25, 0.3) is 0 Å². The summed E-state index contributed by atoms with van der Waals surface area (Å²) >= 11 is 5.97. The number of nitrogens with zero attached hydrogens (tertiary/aromatic N) is 3. The lowest BCUT2D eigenvalue weighted by Gasteiger charge is -2.33. The predicted octanol–water partition coefficient (Wildman–Crippen LogP) is 4.12. The van der Waals surface area contributed by atoms with Crippen LogP contribution in [0.5, 0.6) is 11.6 Å². The molecular weight excluding hydrogens is 504 g/mol. The number of aliphatic carboxylic acids is 1. The molecule has 0 spiro atoms. The second-order valence-electron chi connectivity index (χ2n) is 9.35. The van der Waals surface area contributed by atoms with Gasteiger partial charge in [0.15, 0.2) is 0 Å². The first-order valence-electron chi connectivity index (χ1n) is 11.6. The van der Waals surface area contributed by atoms with E-state index in [9.17, 15) is 13.2 Å². The van der Waals surface area contributed by atoms with E-state index in [2.05, 4.69) is 16.9 Å². The van der Waals surface area contributed by atoms with Crippen LogP contribution in [-0.4, -0.2) is 54.1 Å². The number of carbonyl (C=O) groups is 1. The second-order valence-corrected chi connectivity index (χ2v) is 11.8. The average molecular weight is 533 g/mol. The zero-order valence-corrected chi connectivity index (χ0v) is 21.7. The van der Waals surface area contributed by atoms with Gasteiger partial charge in [0, 0.05) is 35.1 Å². The molecule has 0 bridgehead atoms. The number of carboxylic acids is 1. The van der Waals surface area contributed by atoms with Crippen molar-refractivity contribution in [1.29, 1.82) is 0 Å². The highest BCUT2D eigenvalue weighted by Crippen LogP contribution is 2.51. The number of carboxylic acid groups (broad SMARTS) is 1. The summed E-state index contributed by atoms with van der Waals surface area (Å²) in [7, 11) is -2.46. The summed E-state index contributed by atoms with van der Waals surface area (Å²) in [4.78, 5) is 19.6. The van der Waals surface area contributed by atoms with Crippen molar-refractivity contribution in [2.45, 2.75) is 55.4 Å². The number of likely N-dealkylation sites (N-methyl/N-ethyl adjacent to an activating group) is 1. The average Bonchev–Trinajstić information content (AvgIpc) is 3.61. The lowest BCUT2D eigenvalue weighted by atomic mass is 9.88. The van der Waals surface area contributed by atoms with Crippen molar-refractivity contribution in [3.63, 3.8) is 0 Å². The molecule has 4 rings (SSSR count). The first-order chi connectivity index (χ1) is 17.0. The number of sulfonamides is 1. The van der Waals surface area contributed by atoms with Gasteiger partial charge in [-0.3, -0.25) is 9.79 Å². The maximum atomic E-state index is 13.7. The molecule has 3 N–H and O–H groups in total. The fraction of sp³-hybridized carbons (Fsp3) is 0.400. The standard InChI is InChI=1S/C25H29ClN4O5S/c1-25(10-11-25)20-12-18(14-29-24(20)35-17-8-6-16(26)7-9-17)36(33,34)30(2)22-5-3-4-21(19(22)13-27)28-15-23(31)32/h6-9,12-14,22H,3-5,10-11,15,27H2,1-2H3,(H,31,32). The Hall–Kier alpha value is -2.95. The van der Waals surface area contributed by atoms with Crippen LogP contribution in [0, 0.1) is 0 Å². The molecule has 1 heterocycles. The number of aliphatic imine (C=N–C) groups is 1. The van der Waals surface area contributed by atoms with Crippen molar-refractivity contribution in [1.82, 2.24) is 9.29 Å². The molecule has 2 saturated carbocycles. The number of nitrogens with two attached hydrogens (primary N) is 1. The van der Waals surface area contributed by atoms with E-state index < -0.39 is 28.6 Å². The summed E-state index contributed by atoms with van der Waals surface area (Å²) in [5.41, 5.74) is 7.41. The van der Waals surface area contributed by atoms with E-state index >= 15 is 0 Å². The Labute approximate surface area is 215 Å². The third-order valence-corrected chi connectivity index (χ3v) is 8.87. The number of hydrogen-bond acceptors (Lipinski definition) is 7. The van der Waals surface area contributed by atoms with E-state index in [4.69, 9.17) is 27.2 Å². The Kier molecular flexibility index (Phi) is 7.40. The van der Waals surface area contributed by atoms with Crippen LogP contribution in [-0.2, 0) is 20.2 Å². The van der Waals surface area contributed by atoms with Crippen molar-refractivity contribution < 1.29 is 23.1 Å². The largest absolute Gasteiger partial charge is 0.480 e. The minimum atomic E-state index is -3.96. The molecule has 2 fully saturated rings. The molecule has 1 aromatic carbocycles. The molecule has 192 valence electrons. The van der Waals surface area contributed by atoms with E-state index in [1.165, 1.54) is 23.7 Å². The molecule has 0 amide bonds. The highest BCUT2D eigenvalue weighted by Gasteiger charge is 2.43. The Morgan fingerprint density at radius 2 is 2.06 bits per heavy atom. The molecule has 1 unspecified atom stereocenters. The number of pyridine rings is 1. The summed E-state index contributed by atoms with van der Waals surface area (Å²) in [6.07, 6.45) is 6.18. The van der Waals surface area contributed by atoms with Crippen LogP contribution in [0.15, 0.2) is 58.2 Å². The molecule has 0 saturated heterocycles. The SMILES string of the molecule is CN(C1CCCC(=NCC(=O)O)C1=CN)S(=O)(=O)c1cnc(Oc2ccc(Cl)cc2)c(C2(C)CC2)c1. The fourth-order valence-electron chi connectivity index (χ4n) is 4.37. The molecule has 9 nitrogen and oxygen atoms in total. The Balaban J connectivity index is 1.65. The van der Waals surface area contributed by atoms with Crippen molar-refractivity contribution in [3.8, 4) is 11.6 Å². The van der Waals surface area contributed by atoms with Crippen LogP contribution >= 0.6 is 11.6 Å². The lowest BCUT2D eigenvalue weighted by Crippen LogP contribution is -2.42. The van der Waals surface area contributed by atoms with Crippen molar-refractivity contribution in [2.75, 3.05) is 13.6 Å². The molecular formula is C25H29ClN4O5S. The van der Waals surface area contributed by atoms with Gasteiger partial charge in [0.2, 0.25) is 15.9 Å². The van der Waals surface area contributed by atoms with E-state index in [1.54, 1.807) is 30.3 Å². The van der Waals surface area contributed by atoms with Gasteiger partial charge in [-0.05, 0) is 67.9 Å². The van der Waals surface area contributed by atoms with Gasteiger partial charge in [0.05, 0.1) is 12.2 Å². The number of aromatic nitrogens is 1. The minimum absolute atomic E-state index is 0.0579. The van der Waals surface area contributed by atoms with Crippen LogP contribution in [0.1, 0.15) is 44.6 Å². The Morgan fingerprint density at radius 3 is 2.67 bits per heavy atom. The van der Waals surface area contributed by atoms with Crippen molar-refractivity contribution >= 4 is 33.3 Å². The molecule has 1 aromatic heterocycles. The van der Waals surface area contributed by atoms with Gasteiger partial charge in [0.1, 0.15) is 17.2 Å². The maximum Gasteiger partial charge on any atom is 0.325 e.